The van der Waals surface area contributed by atoms with Gasteiger partial charge in [-0.05, 0) is 31.4 Å². The van der Waals surface area contributed by atoms with Gasteiger partial charge in [-0.1, -0.05) is 13.3 Å². The molecule has 0 aliphatic carbocycles. The van der Waals surface area contributed by atoms with Crippen LogP contribution in [0.2, 0.25) is 0 Å². The van der Waals surface area contributed by atoms with Crippen molar-refractivity contribution in [3.63, 3.8) is 0 Å². The van der Waals surface area contributed by atoms with Crippen LogP contribution < -0.4 is 11.1 Å². The average molecular weight is 303 g/mol. The van der Waals surface area contributed by atoms with E-state index in [0.717, 1.165) is 18.5 Å². The fraction of sp³-hybridized carbons (Fsp3) is 0.571. The van der Waals surface area contributed by atoms with Crippen LogP contribution in [0.15, 0.2) is 12.1 Å². The van der Waals surface area contributed by atoms with Gasteiger partial charge in [0.05, 0.1) is 0 Å². The third-order valence-electron chi connectivity index (χ3n) is 2.84. The zero-order chi connectivity index (χ0) is 15.9. The molecule has 1 heterocycles. The van der Waals surface area contributed by atoms with Gasteiger partial charge in [-0.3, -0.25) is 4.79 Å². The molecule has 118 valence electrons. The lowest BCUT2D eigenvalue weighted by molar-refractivity contribution is -0.135. The quantitative estimate of drug-likeness (QED) is 0.761. The summed E-state index contributed by atoms with van der Waals surface area (Å²) in [5.74, 6) is -0.0726. The molecule has 4 nitrogen and oxygen atoms in total. The van der Waals surface area contributed by atoms with E-state index in [1.54, 1.807) is 6.07 Å². The summed E-state index contributed by atoms with van der Waals surface area (Å²) in [4.78, 5) is 16.0. The maximum Gasteiger partial charge on any atom is 0.389 e. The fourth-order valence-electron chi connectivity index (χ4n) is 1.88. The Morgan fingerprint density at radius 2 is 2.05 bits per heavy atom. The van der Waals surface area contributed by atoms with Crippen LogP contribution in [0.4, 0.5) is 19.0 Å². The second kappa shape index (κ2) is 7.85. The number of nitrogens with zero attached hydrogens (tertiary/aromatic N) is 1. The van der Waals surface area contributed by atoms with Gasteiger partial charge in [0.2, 0.25) is 0 Å². The normalized spacial score (nSPS) is 11.4. The first-order valence-electron chi connectivity index (χ1n) is 6.93. The first-order chi connectivity index (χ1) is 9.81. The molecule has 3 N–H and O–H groups in total. The summed E-state index contributed by atoms with van der Waals surface area (Å²) in [6.45, 7) is 2.20. The smallest absolute Gasteiger partial charge is 0.384 e. The average Bonchev–Trinajstić information content (AvgIpc) is 2.36. The monoisotopic (exact) mass is 303 g/mol. The Hall–Kier alpha value is -1.79. The van der Waals surface area contributed by atoms with Crippen molar-refractivity contribution in [2.45, 2.75) is 45.2 Å². The number of rotatable bonds is 7. The number of aromatic nitrogens is 1. The number of pyridine rings is 1. The molecule has 0 saturated heterocycles. The number of carbonyl (C=O) groups excluding carboxylic acids is 1. The third-order valence-corrected chi connectivity index (χ3v) is 2.84. The van der Waals surface area contributed by atoms with Crippen molar-refractivity contribution >= 4 is 11.7 Å². The van der Waals surface area contributed by atoms with Gasteiger partial charge >= 0.3 is 6.18 Å². The predicted octanol–water partition coefficient (Wildman–Crippen LogP) is 3.08. The van der Waals surface area contributed by atoms with E-state index in [4.69, 9.17) is 5.73 Å². The molecule has 1 amide bonds. The Labute approximate surface area is 121 Å². The second-order valence-corrected chi connectivity index (χ2v) is 4.85. The van der Waals surface area contributed by atoms with Crippen LogP contribution >= 0.6 is 0 Å². The van der Waals surface area contributed by atoms with Gasteiger partial charge < -0.3 is 11.1 Å². The molecule has 21 heavy (non-hydrogen) atoms. The van der Waals surface area contributed by atoms with Crippen LogP contribution in [0.25, 0.3) is 0 Å². The number of nitrogen functional groups attached to an aromatic ring is 1. The lowest BCUT2D eigenvalue weighted by Gasteiger charge is -2.08. The zero-order valence-electron chi connectivity index (χ0n) is 12.0. The van der Waals surface area contributed by atoms with Crippen molar-refractivity contribution in [1.82, 2.24) is 10.3 Å². The van der Waals surface area contributed by atoms with Gasteiger partial charge in [0.25, 0.3) is 5.91 Å². The maximum atomic E-state index is 12.0. The van der Waals surface area contributed by atoms with E-state index in [-0.39, 0.29) is 31.1 Å². The standard InChI is InChI=1S/C14H20F3N3O/c1-2-5-11-8-10(9-12(18)20-11)13(21)19-7-4-3-6-14(15,16)17/h8-9H,2-7H2,1H3,(H2,18,20)(H,19,21). The van der Waals surface area contributed by atoms with Crippen molar-refractivity contribution in [3.8, 4) is 0 Å². The summed E-state index contributed by atoms with van der Waals surface area (Å²) < 4.78 is 35.9. The molecule has 0 radical (unpaired) electrons. The first-order valence-corrected chi connectivity index (χ1v) is 6.93. The lowest BCUT2D eigenvalue weighted by atomic mass is 10.1. The molecule has 1 rings (SSSR count). The molecule has 0 aliphatic rings. The van der Waals surface area contributed by atoms with Gasteiger partial charge in [0.1, 0.15) is 5.82 Å². The highest BCUT2D eigenvalue weighted by Crippen LogP contribution is 2.21. The molecule has 1 aromatic rings. The van der Waals surface area contributed by atoms with Crippen molar-refractivity contribution in [2.24, 2.45) is 0 Å². The second-order valence-electron chi connectivity index (χ2n) is 4.85. The maximum absolute atomic E-state index is 12.0. The molecule has 0 fully saturated rings. The zero-order valence-corrected chi connectivity index (χ0v) is 12.0. The summed E-state index contributed by atoms with van der Waals surface area (Å²) >= 11 is 0. The molecular weight excluding hydrogens is 283 g/mol. The van der Waals surface area contributed by atoms with E-state index in [0.29, 0.717) is 5.56 Å². The Morgan fingerprint density at radius 1 is 1.33 bits per heavy atom. The first kappa shape index (κ1) is 17.3. The van der Waals surface area contributed by atoms with Gasteiger partial charge in [0.15, 0.2) is 0 Å². The SMILES string of the molecule is CCCc1cc(C(=O)NCCCCC(F)(F)F)cc(N)n1. The van der Waals surface area contributed by atoms with E-state index < -0.39 is 12.6 Å². The minimum atomic E-state index is -4.14. The number of aryl methyl sites for hydroxylation is 1. The van der Waals surface area contributed by atoms with Crippen molar-refractivity contribution in [2.75, 3.05) is 12.3 Å². The molecule has 0 atom stereocenters. The number of carbonyl (C=O) groups is 1. The number of unbranched alkanes of at least 4 members (excludes halogenated alkanes) is 1. The van der Waals surface area contributed by atoms with Gasteiger partial charge in [-0.2, -0.15) is 13.2 Å². The Bertz CT molecular complexity index is 475. The molecule has 0 bridgehead atoms. The summed E-state index contributed by atoms with van der Waals surface area (Å²) in [6.07, 6.45) is -3.08. The lowest BCUT2D eigenvalue weighted by Crippen LogP contribution is -2.25. The van der Waals surface area contributed by atoms with E-state index >= 15 is 0 Å². The number of hydrogen-bond donors (Lipinski definition) is 2. The van der Waals surface area contributed by atoms with Gasteiger partial charge in [0, 0.05) is 24.2 Å². The number of nitrogens with one attached hydrogen (secondary N) is 1. The van der Waals surface area contributed by atoms with Crippen LogP contribution in [0.1, 0.15) is 48.7 Å². The molecule has 0 saturated carbocycles. The van der Waals surface area contributed by atoms with Gasteiger partial charge in [-0.25, -0.2) is 4.98 Å². The number of alkyl halides is 3. The molecule has 0 unspecified atom stereocenters. The summed E-state index contributed by atoms with van der Waals surface area (Å²) in [5.41, 5.74) is 6.76. The molecule has 0 spiro atoms. The largest absolute Gasteiger partial charge is 0.389 e. The molecular formula is C14H20F3N3O. The van der Waals surface area contributed by atoms with Crippen LogP contribution in [0, 0.1) is 0 Å². The van der Waals surface area contributed by atoms with E-state index in [1.807, 2.05) is 6.92 Å². The summed E-state index contributed by atoms with van der Waals surface area (Å²) in [6, 6.07) is 3.12. The van der Waals surface area contributed by atoms with E-state index in [2.05, 4.69) is 10.3 Å². The molecule has 7 heteroatoms. The number of nitrogens with two attached hydrogens (primary N) is 1. The van der Waals surface area contributed by atoms with Crippen LogP contribution in [-0.2, 0) is 6.42 Å². The highest BCUT2D eigenvalue weighted by atomic mass is 19.4. The topological polar surface area (TPSA) is 68.0 Å². The predicted molar refractivity (Wildman–Crippen MR) is 74.9 cm³/mol. The molecule has 1 aromatic heterocycles. The Kier molecular flexibility index (Phi) is 6.45. The van der Waals surface area contributed by atoms with Crippen LogP contribution in [-0.4, -0.2) is 23.6 Å². The van der Waals surface area contributed by atoms with Crippen LogP contribution in [0.5, 0.6) is 0 Å². The third kappa shape index (κ3) is 6.97. The van der Waals surface area contributed by atoms with Crippen molar-refractivity contribution < 1.29 is 18.0 Å². The summed E-state index contributed by atoms with van der Waals surface area (Å²) in [7, 11) is 0. The number of amides is 1. The van der Waals surface area contributed by atoms with Crippen molar-refractivity contribution in [3.05, 3.63) is 23.4 Å². The fourth-order valence-corrected chi connectivity index (χ4v) is 1.88. The van der Waals surface area contributed by atoms with Crippen LogP contribution in [0.3, 0.4) is 0 Å². The number of hydrogen-bond acceptors (Lipinski definition) is 3. The minimum Gasteiger partial charge on any atom is -0.384 e. The Morgan fingerprint density at radius 3 is 2.67 bits per heavy atom. The van der Waals surface area contributed by atoms with E-state index in [9.17, 15) is 18.0 Å². The molecule has 0 aliphatic heterocycles. The Balaban J connectivity index is 2.45. The minimum absolute atomic E-state index is 0.00332. The highest BCUT2D eigenvalue weighted by Gasteiger charge is 2.25. The number of anilines is 1. The summed E-state index contributed by atoms with van der Waals surface area (Å²) in [5, 5.41) is 2.59. The van der Waals surface area contributed by atoms with E-state index in [1.165, 1.54) is 6.07 Å². The van der Waals surface area contributed by atoms with Gasteiger partial charge in [-0.15, -0.1) is 0 Å². The highest BCUT2D eigenvalue weighted by molar-refractivity contribution is 5.94. The number of halogens is 3. The van der Waals surface area contributed by atoms with Crippen molar-refractivity contribution in [1.29, 1.82) is 0 Å². The molecule has 0 aromatic carbocycles.